The minimum Gasteiger partial charge on any atom is -0.497 e. The van der Waals surface area contributed by atoms with Gasteiger partial charge in [-0.3, -0.25) is 5.32 Å². The second-order valence-electron chi connectivity index (χ2n) is 4.20. The lowest BCUT2D eigenvalue weighted by molar-refractivity contribution is 0.414. The van der Waals surface area contributed by atoms with E-state index in [9.17, 15) is 0 Å². The van der Waals surface area contributed by atoms with Crippen molar-refractivity contribution >= 4 is 11.6 Å². The average Bonchev–Trinajstić information content (AvgIpc) is 2.48. The van der Waals surface area contributed by atoms with Crippen molar-refractivity contribution in [2.45, 2.75) is 6.54 Å². The molecule has 0 fully saturated rings. The third kappa shape index (κ3) is 3.36. The zero-order valence-electron chi connectivity index (χ0n) is 11.4. The lowest BCUT2D eigenvalue weighted by Crippen LogP contribution is -2.18. The molecule has 0 bridgehead atoms. The van der Waals surface area contributed by atoms with E-state index in [-0.39, 0.29) is 0 Å². The van der Waals surface area contributed by atoms with Gasteiger partial charge in [-0.15, -0.1) is 0 Å². The molecule has 2 rings (SSSR count). The number of nitrogens with zero attached hydrogens (tertiary/aromatic N) is 4. The van der Waals surface area contributed by atoms with Crippen LogP contribution in [-0.2, 0) is 6.54 Å². The maximum absolute atomic E-state index is 8.59. The smallest absolute Gasteiger partial charge is 0.182 e. The highest BCUT2D eigenvalue weighted by molar-refractivity contribution is 5.50. The van der Waals surface area contributed by atoms with Crippen LogP contribution in [0.15, 0.2) is 36.7 Å². The summed E-state index contributed by atoms with van der Waals surface area (Å²) in [7, 11) is 3.58. The van der Waals surface area contributed by atoms with Crippen molar-refractivity contribution in [2.24, 2.45) is 0 Å². The number of rotatable bonds is 5. The van der Waals surface area contributed by atoms with E-state index in [1.807, 2.05) is 42.4 Å². The molecule has 0 aliphatic rings. The number of nitriles is 1. The summed E-state index contributed by atoms with van der Waals surface area (Å²) in [4.78, 5) is 10.1. The van der Waals surface area contributed by atoms with Crippen LogP contribution < -0.4 is 15.0 Å². The predicted molar refractivity (Wildman–Crippen MR) is 76.4 cm³/mol. The lowest BCUT2D eigenvalue weighted by atomic mass is 10.2. The second-order valence-corrected chi connectivity index (χ2v) is 4.20. The largest absolute Gasteiger partial charge is 0.497 e. The van der Waals surface area contributed by atoms with Gasteiger partial charge in [-0.1, -0.05) is 12.1 Å². The van der Waals surface area contributed by atoms with Crippen molar-refractivity contribution in [1.82, 2.24) is 9.97 Å². The first-order valence-electron chi connectivity index (χ1n) is 6.04. The van der Waals surface area contributed by atoms with Gasteiger partial charge in [-0.05, 0) is 17.7 Å². The Kier molecular flexibility index (Phi) is 4.35. The lowest BCUT2D eigenvalue weighted by Gasteiger charge is -2.18. The normalized spacial score (nSPS) is 9.65. The van der Waals surface area contributed by atoms with E-state index in [1.165, 1.54) is 6.33 Å². The SMILES string of the molecule is COc1ccc(CN(C)c2cc(NC#N)ncn2)cc1. The monoisotopic (exact) mass is 269 g/mol. The highest BCUT2D eigenvalue weighted by Crippen LogP contribution is 2.17. The summed E-state index contributed by atoms with van der Waals surface area (Å²) in [6, 6.07) is 9.58. The van der Waals surface area contributed by atoms with Crippen molar-refractivity contribution in [3.8, 4) is 11.9 Å². The molecule has 0 atom stereocenters. The minimum atomic E-state index is 0.485. The first-order valence-corrected chi connectivity index (χ1v) is 6.04. The Bertz CT molecular complexity index is 606. The van der Waals surface area contributed by atoms with Crippen molar-refractivity contribution in [1.29, 1.82) is 5.26 Å². The van der Waals surface area contributed by atoms with Crippen molar-refractivity contribution in [3.63, 3.8) is 0 Å². The highest BCUT2D eigenvalue weighted by atomic mass is 16.5. The standard InChI is InChI=1S/C14H15N5O/c1-19(8-11-3-5-12(20-2)6-4-11)14-7-13(16-9-15)17-10-18-14/h3-7,10H,8H2,1-2H3,(H,16,17,18). The third-order valence-electron chi connectivity index (χ3n) is 2.81. The average molecular weight is 269 g/mol. The van der Waals surface area contributed by atoms with Gasteiger partial charge >= 0.3 is 0 Å². The first-order chi connectivity index (χ1) is 9.72. The van der Waals surface area contributed by atoms with Gasteiger partial charge in [0.05, 0.1) is 7.11 Å². The fraction of sp³-hybridized carbons (Fsp3) is 0.214. The number of anilines is 2. The molecule has 0 aliphatic heterocycles. The summed E-state index contributed by atoms with van der Waals surface area (Å²) in [5, 5.41) is 11.1. The van der Waals surface area contributed by atoms with Crippen molar-refractivity contribution in [3.05, 3.63) is 42.2 Å². The molecule has 6 nitrogen and oxygen atoms in total. The number of hydrogen-bond acceptors (Lipinski definition) is 6. The molecule has 0 spiro atoms. The Morgan fingerprint density at radius 3 is 2.70 bits per heavy atom. The summed E-state index contributed by atoms with van der Waals surface area (Å²) in [6.45, 7) is 0.701. The van der Waals surface area contributed by atoms with Crippen molar-refractivity contribution < 1.29 is 4.74 Å². The first kappa shape index (κ1) is 13.6. The van der Waals surface area contributed by atoms with Crippen LogP contribution in [-0.4, -0.2) is 24.1 Å². The van der Waals surface area contributed by atoms with Gasteiger partial charge in [0.15, 0.2) is 6.19 Å². The Morgan fingerprint density at radius 2 is 2.05 bits per heavy atom. The molecule has 1 N–H and O–H groups in total. The summed E-state index contributed by atoms with van der Waals surface area (Å²) >= 11 is 0. The molecule has 6 heteroatoms. The van der Waals surface area contributed by atoms with Crippen LogP contribution in [0.4, 0.5) is 11.6 Å². The summed E-state index contributed by atoms with van der Waals surface area (Å²) in [6.07, 6.45) is 3.27. The number of benzene rings is 1. The number of ether oxygens (including phenoxy) is 1. The molecule has 20 heavy (non-hydrogen) atoms. The number of methoxy groups -OCH3 is 1. The van der Waals surface area contributed by atoms with Gasteiger partial charge in [0.2, 0.25) is 0 Å². The molecule has 0 radical (unpaired) electrons. The molecule has 1 aromatic heterocycles. The van der Waals surface area contributed by atoms with Gasteiger partial charge < -0.3 is 9.64 Å². The molecule has 0 amide bonds. The Balaban J connectivity index is 2.08. The molecule has 2 aromatic rings. The van der Waals surface area contributed by atoms with Gasteiger partial charge in [-0.2, -0.15) is 5.26 Å². The second kappa shape index (κ2) is 6.38. The predicted octanol–water partition coefficient (Wildman–Crippen LogP) is 2.01. The topological polar surface area (TPSA) is 74.1 Å². The summed E-state index contributed by atoms with van der Waals surface area (Å²) in [5.41, 5.74) is 1.14. The number of hydrogen-bond donors (Lipinski definition) is 1. The van der Waals surface area contributed by atoms with E-state index < -0.39 is 0 Å². The molecule has 0 aliphatic carbocycles. The summed E-state index contributed by atoms with van der Waals surface area (Å²) in [5.74, 6) is 2.06. The Labute approximate surface area is 117 Å². The van der Waals surface area contributed by atoms with Crippen LogP contribution in [0.3, 0.4) is 0 Å². The van der Waals surface area contributed by atoms with E-state index in [2.05, 4.69) is 15.3 Å². The Hall–Kier alpha value is -2.81. The molecule has 0 unspecified atom stereocenters. The third-order valence-corrected chi connectivity index (χ3v) is 2.81. The van der Waals surface area contributed by atoms with Gasteiger partial charge in [0, 0.05) is 19.7 Å². The van der Waals surface area contributed by atoms with Crippen LogP contribution in [0.2, 0.25) is 0 Å². The van der Waals surface area contributed by atoms with Crippen LogP contribution in [0.1, 0.15) is 5.56 Å². The van der Waals surface area contributed by atoms with E-state index in [0.29, 0.717) is 12.4 Å². The van der Waals surface area contributed by atoms with Crippen LogP contribution in [0.25, 0.3) is 0 Å². The molecule has 0 saturated heterocycles. The van der Waals surface area contributed by atoms with Crippen molar-refractivity contribution in [2.75, 3.05) is 24.4 Å². The van der Waals surface area contributed by atoms with E-state index in [0.717, 1.165) is 17.1 Å². The molecule has 102 valence electrons. The maximum Gasteiger partial charge on any atom is 0.182 e. The van der Waals surface area contributed by atoms with Gasteiger partial charge in [-0.25, -0.2) is 9.97 Å². The fourth-order valence-electron chi connectivity index (χ4n) is 1.77. The summed E-state index contributed by atoms with van der Waals surface area (Å²) < 4.78 is 5.13. The van der Waals surface area contributed by atoms with E-state index >= 15 is 0 Å². The molecule has 1 heterocycles. The van der Waals surface area contributed by atoms with Gasteiger partial charge in [0.25, 0.3) is 0 Å². The van der Waals surface area contributed by atoms with Crippen LogP contribution in [0.5, 0.6) is 5.75 Å². The van der Waals surface area contributed by atoms with E-state index in [1.54, 1.807) is 13.2 Å². The van der Waals surface area contributed by atoms with Crippen LogP contribution in [0, 0.1) is 11.5 Å². The fourth-order valence-corrected chi connectivity index (χ4v) is 1.77. The number of aromatic nitrogens is 2. The molecule has 0 saturated carbocycles. The quantitative estimate of drug-likeness (QED) is 0.661. The Morgan fingerprint density at radius 1 is 1.30 bits per heavy atom. The van der Waals surface area contributed by atoms with Crippen LogP contribution >= 0.6 is 0 Å². The van der Waals surface area contributed by atoms with Gasteiger partial charge in [0.1, 0.15) is 23.7 Å². The molecular formula is C14H15N5O. The number of nitrogens with one attached hydrogen (secondary N) is 1. The molecule has 1 aromatic carbocycles. The van der Waals surface area contributed by atoms with E-state index in [4.69, 9.17) is 10.00 Å². The zero-order valence-corrected chi connectivity index (χ0v) is 11.4. The molecular weight excluding hydrogens is 254 g/mol. The minimum absolute atomic E-state index is 0.485. The maximum atomic E-state index is 8.59. The highest BCUT2D eigenvalue weighted by Gasteiger charge is 2.05. The zero-order chi connectivity index (χ0) is 14.4.